The summed E-state index contributed by atoms with van der Waals surface area (Å²) < 4.78 is 25.7. The second-order valence-corrected chi connectivity index (χ2v) is 8.33. The molecule has 0 fully saturated rings. The van der Waals surface area contributed by atoms with Gasteiger partial charge in [0.1, 0.15) is 19.0 Å². The van der Waals surface area contributed by atoms with Gasteiger partial charge in [-0.15, -0.1) is 0 Å². The number of ether oxygens (including phenoxy) is 2. The first-order valence-corrected chi connectivity index (χ1v) is 11.0. The number of carbonyl (C=O) groups excluding carboxylic acids is 1. The molecule has 0 saturated carbocycles. The number of hydrogen-bond donors (Lipinski definition) is 1. The average Bonchev–Trinajstić information content (AvgIpc) is 2.84. The molecule has 0 aliphatic carbocycles. The maximum Gasteiger partial charge on any atom is 0.257 e. The summed E-state index contributed by atoms with van der Waals surface area (Å²) in [5, 5.41) is 0.757. The molecule has 2 heterocycles. The molecule has 0 unspecified atom stereocenters. The summed E-state index contributed by atoms with van der Waals surface area (Å²) in [5.74, 6) is 0.103. The molecule has 5 rings (SSSR count). The van der Waals surface area contributed by atoms with Gasteiger partial charge in [-0.05, 0) is 36.8 Å². The fourth-order valence-electron chi connectivity index (χ4n) is 4.03. The van der Waals surface area contributed by atoms with Crippen molar-refractivity contribution in [3.8, 4) is 11.5 Å². The highest BCUT2D eigenvalue weighted by Crippen LogP contribution is 2.33. The molecule has 7 heteroatoms. The number of amides is 1. The lowest BCUT2D eigenvalue weighted by molar-refractivity contribution is 0.0724. The molecule has 4 aromatic rings. The van der Waals surface area contributed by atoms with Gasteiger partial charge >= 0.3 is 0 Å². The van der Waals surface area contributed by atoms with E-state index in [1.54, 1.807) is 18.2 Å². The lowest BCUT2D eigenvalue weighted by Crippen LogP contribution is -2.33. The topological polar surface area (TPSA) is 71.6 Å². The summed E-state index contributed by atoms with van der Waals surface area (Å²) in [6.07, 6.45) is 0. The van der Waals surface area contributed by atoms with Crippen molar-refractivity contribution in [1.29, 1.82) is 0 Å². The summed E-state index contributed by atoms with van der Waals surface area (Å²) in [6, 6.07) is 18.9. The molecule has 3 aromatic carbocycles. The molecule has 1 N–H and O–H groups in total. The van der Waals surface area contributed by atoms with E-state index in [0.29, 0.717) is 35.8 Å². The van der Waals surface area contributed by atoms with Crippen LogP contribution in [-0.2, 0) is 13.1 Å². The van der Waals surface area contributed by atoms with Crippen LogP contribution in [0, 0.1) is 12.7 Å². The number of carbonyl (C=O) groups is 1. The van der Waals surface area contributed by atoms with Crippen molar-refractivity contribution in [2.45, 2.75) is 20.0 Å². The van der Waals surface area contributed by atoms with E-state index in [0.717, 1.165) is 16.5 Å². The van der Waals surface area contributed by atoms with Crippen LogP contribution in [0.4, 0.5) is 4.39 Å². The Morgan fingerprint density at radius 3 is 2.41 bits per heavy atom. The van der Waals surface area contributed by atoms with Crippen molar-refractivity contribution in [3.63, 3.8) is 0 Å². The van der Waals surface area contributed by atoms with Crippen LogP contribution >= 0.6 is 0 Å². The second-order valence-electron chi connectivity index (χ2n) is 8.33. The third-order valence-electron chi connectivity index (χ3n) is 5.83. The Kier molecular flexibility index (Phi) is 5.76. The minimum Gasteiger partial charge on any atom is -0.486 e. The van der Waals surface area contributed by atoms with Gasteiger partial charge in [-0.25, -0.2) is 4.39 Å². The molecular formula is C27H23FN2O4. The molecule has 0 saturated heterocycles. The van der Waals surface area contributed by atoms with Crippen LogP contribution in [0.1, 0.15) is 27.0 Å². The summed E-state index contributed by atoms with van der Waals surface area (Å²) in [5.41, 5.74) is 2.62. The quantitative estimate of drug-likeness (QED) is 0.475. The molecule has 0 atom stereocenters. The third kappa shape index (κ3) is 4.37. The number of hydrogen-bond acceptors (Lipinski definition) is 4. The minimum absolute atomic E-state index is 0.0146. The molecule has 6 nitrogen and oxygen atoms in total. The molecule has 1 amide bonds. The van der Waals surface area contributed by atoms with Gasteiger partial charge in [0.15, 0.2) is 11.5 Å². The van der Waals surface area contributed by atoms with Crippen LogP contribution in [0.15, 0.2) is 71.5 Å². The Bertz CT molecular complexity index is 1430. The fraction of sp³-hybridized carbons (Fsp3) is 0.185. The Morgan fingerprint density at radius 2 is 1.68 bits per heavy atom. The highest BCUT2D eigenvalue weighted by molar-refractivity contribution is 5.94. The van der Waals surface area contributed by atoms with E-state index < -0.39 is 11.7 Å². The lowest BCUT2D eigenvalue weighted by Gasteiger charge is -2.24. The number of aromatic nitrogens is 1. The molecule has 172 valence electrons. The van der Waals surface area contributed by atoms with E-state index in [1.807, 2.05) is 37.3 Å². The molecular weight excluding hydrogens is 435 g/mol. The van der Waals surface area contributed by atoms with Crippen molar-refractivity contribution < 1.29 is 18.7 Å². The average molecular weight is 458 g/mol. The van der Waals surface area contributed by atoms with Gasteiger partial charge in [0.05, 0.1) is 17.6 Å². The van der Waals surface area contributed by atoms with E-state index in [-0.39, 0.29) is 24.2 Å². The van der Waals surface area contributed by atoms with E-state index in [9.17, 15) is 14.0 Å². The normalized spacial score (nSPS) is 12.5. The number of aromatic amines is 1. The number of fused-ring (bicyclic) bond motifs is 2. The molecule has 34 heavy (non-hydrogen) atoms. The predicted octanol–water partition coefficient (Wildman–Crippen LogP) is 4.59. The van der Waals surface area contributed by atoms with Crippen molar-refractivity contribution in [3.05, 3.63) is 105 Å². The van der Waals surface area contributed by atoms with E-state index >= 15 is 0 Å². The predicted molar refractivity (Wildman–Crippen MR) is 127 cm³/mol. The molecule has 1 aliphatic heterocycles. The molecule has 1 aromatic heterocycles. The first-order valence-electron chi connectivity index (χ1n) is 11.0. The highest BCUT2D eigenvalue weighted by Gasteiger charge is 2.22. The van der Waals surface area contributed by atoms with Gasteiger partial charge in [0, 0.05) is 23.6 Å². The Hall–Kier alpha value is -4.13. The molecule has 0 bridgehead atoms. The number of nitrogens with one attached hydrogen (secondary N) is 1. The molecule has 0 radical (unpaired) electrons. The van der Waals surface area contributed by atoms with E-state index in [1.165, 1.54) is 23.1 Å². The third-order valence-corrected chi connectivity index (χ3v) is 5.83. The van der Waals surface area contributed by atoms with Gasteiger partial charge in [-0.1, -0.05) is 42.0 Å². The van der Waals surface area contributed by atoms with Crippen molar-refractivity contribution in [2.75, 3.05) is 13.2 Å². The maximum absolute atomic E-state index is 14.4. The number of benzene rings is 3. The molecule has 1 aliphatic rings. The summed E-state index contributed by atoms with van der Waals surface area (Å²) in [7, 11) is 0. The van der Waals surface area contributed by atoms with Crippen LogP contribution in [0.5, 0.6) is 11.5 Å². The number of aryl methyl sites for hydroxylation is 1. The summed E-state index contributed by atoms with van der Waals surface area (Å²) in [4.78, 5) is 30.6. The van der Waals surface area contributed by atoms with Gasteiger partial charge in [-0.2, -0.15) is 0 Å². The second kappa shape index (κ2) is 9.02. The number of halogens is 1. The van der Waals surface area contributed by atoms with Gasteiger partial charge in [0.2, 0.25) is 0 Å². The van der Waals surface area contributed by atoms with E-state index in [2.05, 4.69) is 4.98 Å². The lowest BCUT2D eigenvalue weighted by atomic mass is 10.1. The van der Waals surface area contributed by atoms with Gasteiger partial charge in [-0.3, -0.25) is 9.59 Å². The van der Waals surface area contributed by atoms with Gasteiger partial charge in [0.25, 0.3) is 11.5 Å². The largest absolute Gasteiger partial charge is 0.486 e. The van der Waals surface area contributed by atoms with E-state index in [4.69, 9.17) is 9.47 Å². The number of rotatable bonds is 5. The summed E-state index contributed by atoms with van der Waals surface area (Å²) in [6.45, 7) is 3.13. The standard InChI is InChI=1S/C27H23FN2O4/c1-17-6-8-18(9-7-17)15-30(27(32)21-4-2-3-5-22(21)28)16-20-12-19-13-24-25(34-11-10-33-24)14-23(19)29-26(20)31/h2-9,12-14H,10-11,15-16H2,1H3,(H,29,31). The summed E-state index contributed by atoms with van der Waals surface area (Å²) >= 11 is 0. The van der Waals surface area contributed by atoms with Crippen molar-refractivity contribution in [1.82, 2.24) is 9.88 Å². The fourth-order valence-corrected chi connectivity index (χ4v) is 4.03. The van der Waals surface area contributed by atoms with Crippen LogP contribution in [0.2, 0.25) is 0 Å². The Balaban J connectivity index is 1.52. The number of H-pyrrole nitrogens is 1. The van der Waals surface area contributed by atoms with Crippen molar-refractivity contribution in [2.24, 2.45) is 0 Å². The Labute approximate surface area is 195 Å². The number of pyridine rings is 1. The Morgan fingerprint density at radius 1 is 0.971 bits per heavy atom. The minimum atomic E-state index is -0.599. The smallest absolute Gasteiger partial charge is 0.257 e. The highest BCUT2D eigenvalue weighted by atomic mass is 19.1. The zero-order chi connectivity index (χ0) is 23.7. The zero-order valence-electron chi connectivity index (χ0n) is 18.6. The van der Waals surface area contributed by atoms with Crippen LogP contribution in [0.25, 0.3) is 10.9 Å². The van der Waals surface area contributed by atoms with Gasteiger partial charge < -0.3 is 19.4 Å². The maximum atomic E-state index is 14.4. The van der Waals surface area contributed by atoms with Crippen LogP contribution in [0.3, 0.4) is 0 Å². The van der Waals surface area contributed by atoms with Crippen LogP contribution < -0.4 is 15.0 Å². The molecule has 0 spiro atoms. The zero-order valence-corrected chi connectivity index (χ0v) is 18.6. The SMILES string of the molecule is Cc1ccc(CN(Cc2cc3cc4c(cc3[nH]c2=O)OCCO4)C(=O)c2ccccc2F)cc1. The monoisotopic (exact) mass is 458 g/mol. The van der Waals surface area contributed by atoms with Crippen molar-refractivity contribution >= 4 is 16.8 Å². The first kappa shape index (κ1) is 21.7. The first-order chi connectivity index (χ1) is 16.5. The van der Waals surface area contributed by atoms with Crippen LogP contribution in [-0.4, -0.2) is 29.0 Å². The number of nitrogens with zero attached hydrogens (tertiary/aromatic N) is 1.